The van der Waals surface area contributed by atoms with E-state index in [9.17, 15) is 4.79 Å². The summed E-state index contributed by atoms with van der Waals surface area (Å²) in [5, 5.41) is 9.35. The summed E-state index contributed by atoms with van der Waals surface area (Å²) in [6.45, 7) is 3.88. The number of carbonyl (C=O) groups is 1. The minimum atomic E-state index is 0.0192. The summed E-state index contributed by atoms with van der Waals surface area (Å²) in [6.07, 6.45) is 0.401. The quantitative estimate of drug-likeness (QED) is 0.536. The molecule has 0 unspecified atom stereocenters. The van der Waals surface area contributed by atoms with Crippen molar-refractivity contribution in [3.05, 3.63) is 71.3 Å². The number of nitrogens with zero attached hydrogens (tertiary/aromatic N) is 1. The standard InChI is InChI=1S/C20H26N4O/c1-16-8-6-7-11-18(16)15-24-20(21-2)22-13-12-19(25)23-14-17-9-4-3-5-10-17/h3-11H,12-15H2,1-2H3,(H,23,25)(H2,21,22,24). The molecule has 0 aromatic heterocycles. The molecule has 5 nitrogen and oxygen atoms in total. The van der Waals surface area contributed by atoms with Gasteiger partial charge in [-0.2, -0.15) is 0 Å². The van der Waals surface area contributed by atoms with E-state index in [2.05, 4.69) is 40.0 Å². The van der Waals surface area contributed by atoms with Crippen LogP contribution in [0.1, 0.15) is 23.1 Å². The zero-order chi connectivity index (χ0) is 17.9. The van der Waals surface area contributed by atoms with Crippen LogP contribution < -0.4 is 16.0 Å². The van der Waals surface area contributed by atoms with Gasteiger partial charge in [-0.15, -0.1) is 0 Å². The molecule has 2 rings (SSSR count). The molecule has 0 saturated carbocycles. The first-order valence-corrected chi connectivity index (χ1v) is 8.48. The van der Waals surface area contributed by atoms with Gasteiger partial charge in [-0.3, -0.25) is 9.79 Å². The average Bonchev–Trinajstić information content (AvgIpc) is 2.65. The number of nitrogens with one attached hydrogen (secondary N) is 3. The molecule has 0 aliphatic heterocycles. The van der Waals surface area contributed by atoms with Gasteiger partial charge in [0.2, 0.25) is 5.91 Å². The van der Waals surface area contributed by atoms with E-state index < -0.39 is 0 Å². The van der Waals surface area contributed by atoms with Crippen molar-refractivity contribution < 1.29 is 4.79 Å². The van der Waals surface area contributed by atoms with Crippen LogP contribution in [0, 0.1) is 6.92 Å². The third kappa shape index (κ3) is 6.67. The highest BCUT2D eigenvalue weighted by molar-refractivity contribution is 5.81. The Morgan fingerprint density at radius 3 is 2.36 bits per heavy atom. The Balaban J connectivity index is 1.67. The van der Waals surface area contributed by atoms with Crippen LogP contribution in [-0.2, 0) is 17.9 Å². The van der Waals surface area contributed by atoms with Crippen LogP contribution in [0.4, 0.5) is 0 Å². The lowest BCUT2D eigenvalue weighted by Gasteiger charge is -2.13. The summed E-state index contributed by atoms with van der Waals surface area (Å²) in [7, 11) is 1.72. The molecule has 5 heteroatoms. The van der Waals surface area contributed by atoms with Gasteiger partial charge in [-0.25, -0.2) is 0 Å². The first-order valence-electron chi connectivity index (χ1n) is 8.48. The highest BCUT2D eigenvalue weighted by atomic mass is 16.1. The van der Waals surface area contributed by atoms with Crippen LogP contribution in [0.5, 0.6) is 0 Å². The Morgan fingerprint density at radius 2 is 1.64 bits per heavy atom. The number of hydrogen-bond donors (Lipinski definition) is 3. The van der Waals surface area contributed by atoms with Crippen LogP contribution in [0.25, 0.3) is 0 Å². The Bertz CT molecular complexity index is 698. The van der Waals surface area contributed by atoms with E-state index in [1.807, 2.05) is 42.5 Å². The zero-order valence-corrected chi connectivity index (χ0v) is 14.9. The van der Waals surface area contributed by atoms with Crippen molar-refractivity contribution >= 4 is 11.9 Å². The van der Waals surface area contributed by atoms with Crippen molar-refractivity contribution in [2.45, 2.75) is 26.4 Å². The van der Waals surface area contributed by atoms with Gasteiger partial charge in [0.25, 0.3) is 0 Å². The fourth-order valence-electron chi connectivity index (χ4n) is 2.39. The predicted octanol–water partition coefficient (Wildman–Crippen LogP) is 2.37. The van der Waals surface area contributed by atoms with Gasteiger partial charge in [0.1, 0.15) is 0 Å². The van der Waals surface area contributed by atoms with Crippen molar-refractivity contribution in [1.29, 1.82) is 0 Å². The Morgan fingerprint density at radius 1 is 0.920 bits per heavy atom. The highest BCUT2D eigenvalue weighted by Crippen LogP contribution is 2.05. The summed E-state index contributed by atoms with van der Waals surface area (Å²) < 4.78 is 0. The third-order valence-corrected chi connectivity index (χ3v) is 3.91. The fourth-order valence-corrected chi connectivity index (χ4v) is 2.39. The third-order valence-electron chi connectivity index (χ3n) is 3.91. The fraction of sp³-hybridized carbons (Fsp3) is 0.300. The Kier molecular flexibility index (Phi) is 7.50. The summed E-state index contributed by atoms with van der Waals surface area (Å²) in [6, 6.07) is 18.1. The molecule has 0 saturated heterocycles. The molecule has 0 aliphatic rings. The summed E-state index contributed by atoms with van der Waals surface area (Å²) in [5.41, 5.74) is 3.57. The first kappa shape index (κ1) is 18.5. The van der Waals surface area contributed by atoms with Crippen LogP contribution in [0.15, 0.2) is 59.6 Å². The van der Waals surface area contributed by atoms with Crippen LogP contribution >= 0.6 is 0 Å². The number of aliphatic imine (C=N–C) groups is 1. The number of amides is 1. The molecule has 1 amide bonds. The summed E-state index contributed by atoms with van der Waals surface area (Å²) in [5.74, 6) is 0.713. The average molecular weight is 338 g/mol. The smallest absolute Gasteiger partial charge is 0.222 e. The van der Waals surface area contributed by atoms with E-state index in [1.54, 1.807) is 7.05 Å². The number of hydrogen-bond acceptors (Lipinski definition) is 2. The van der Waals surface area contributed by atoms with Gasteiger partial charge < -0.3 is 16.0 Å². The first-order chi connectivity index (χ1) is 12.2. The minimum absolute atomic E-state index is 0.0192. The van der Waals surface area contributed by atoms with Gasteiger partial charge in [-0.05, 0) is 23.6 Å². The van der Waals surface area contributed by atoms with Crippen LogP contribution in [0.2, 0.25) is 0 Å². The second kappa shape index (κ2) is 10.1. The molecule has 0 spiro atoms. The molecule has 0 aliphatic carbocycles. The van der Waals surface area contributed by atoms with E-state index in [0.717, 1.165) is 5.56 Å². The van der Waals surface area contributed by atoms with Crippen molar-refractivity contribution in [1.82, 2.24) is 16.0 Å². The maximum atomic E-state index is 11.9. The van der Waals surface area contributed by atoms with Gasteiger partial charge in [0.15, 0.2) is 5.96 Å². The van der Waals surface area contributed by atoms with Gasteiger partial charge >= 0.3 is 0 Å². The molecule has 2 aromatic carbocycles. The Hall–Kier alpha value is -2.82. The second-order valence-corrected chi connectivity index (χ2v) is 5.79. The number of guanidine groups is 1. The molecule has 0 fully saturated rings. The van der Waals surface area contributed by atoms with E-state index in [4.69, 9.17) is 0 Å². The predicted molar refractivity (Wildman–Crippen MR) is 102 cm³/mol. The topological polar surface area (TPSA) is 65.5 Å². The van der Waals surface area contributed by atoms with E-state index in [0.29, 0.717) is 32.0 Å². The highest BCUT2D eigenvalue weighted by Gasteiger charge is 2.03. The van der Waals surface area contributed by atoms with Gasteiger partial charge in [-0.1, -0.05) is 54.6 Å². The van der Waals surface area contributed by atoms with Crippen LogP contribution in [-0.4, -0.2) is 25.5 Å². The van der Waals surface area contributed by atoms with E-state index in [-0.39, 0.29) is 5.91 Å². The molecule has 0 radical (unpaired) electrons. The van der Waals surface area contributed by atoms with Crippen molar-refractivity contribution in [3.63, 3.8) is 0 Å². The number of aryl methyl sites for hydroxylation is 1. The van der Waals surface area contributed by atoms with Gasteiger partial charge in [0, 0.05) is 33.1 Å². The number of rotatable bonds is 7. The molecular weight excluding hydrogens is 312 g/mol. The molecule has 0 heterocycles. The van der Waals surface area contributed by atoms with E-state index in [1.165, 1.54) is 11.1 Å². The molecule has 0 bridgehead atoms. The lowest BCUT2D eigenvalue weighted by Crippen LogP contribution is -2.39. The zero-order valence-electron chi connectivity index (χ0n) is 14.9. The van der Waals surface area contributed by atoms with Crippen molar-refractivity contribution in [3.8, 4) is 0 Å². The molecular formula is C20H26N4O. The maximum absolute atomic E-state index is 11.9. The lowest BCUT2D eigenvalue weighted by molar-refractivity contribution is -0.121. The summed E-state index contributed by atoms with van der Waals surface area (Å²) >= 11 is 0. The number of carbonyl (C=O) groups excluding carboxylic acids is 1. The van der Waals surface area contributed by atoms with Crippen LogP contribution in [0.3, 0.4) is 0 Å². The molecule has 25 heavy (non-hydrogen) atoms. The SMILES string of the molecule is CN=C(NCCC(=O)NCc1ccccc1)NCc1ccccc1C. The minimum Gasteiger partial charge on any atom is -0.356 e. The molecule has 2 aromatic rings. The normalized spacial score (nSPS) is 11.0. The molecule has 132 valence electrons. The molecule has 3 N–H and O–H groups in total. The maximum Gasteiger partial charge on any atom is 0.222 e. The van der Waals surface area contributed by atoms with Crippen molar-refractivity contribution in [2.24, 2.45) is 4.99 Å². The van der Waals surface area contributed by atoms with Gasteiger partial charge in [0.05, 0.1) is 0 Å². The monoisotopic (exact) mass is 338 g/mol. The van der Waals surface area contributed by atoms with Crippen molar-refractivity contribution in [2.75, 3.05) is 13.6 Å². The Labute approximate surface area is 149 Å². The van der Waals surface area contributed by atoms with E-state index >= 15 is 0 Å². The lowest BCUT2D eigenvalue weighted by atomic mass is 10.1. The summed E-state index contributed by atoms with van der Waals surface area (Å²) in [4.78, 5) is 16.1. The number of benzene rings is 2. The largest absolute Gasteiger partial charge is 0.356 e. The second-order valence-electron chi connectivity index (χ2n) is 5.79. The molecule has 0 atom stereocenters.